The van der Waals surface area contributed by atoms with Gasteiger partial charge in [-0.05, 0) is 80.2 Å². The molecule has 1 aliphatic rings. The van der Waals surface area contributed by atoms with Crippen LogP contribution in [0.3, 0.4) is 0 Å². The van der Waals surface area contributed by atoms with E-state index in [2.05, 4.69) is 29.0 Å². The van der Waals surface area contributed by atoms with E-state index in [0.29, 0.717) is 17.3 Å². The van der Waals surface area contributed by atoms with E-state index in [-0.39, 0.29) is 0 Å². The van der Waals surface area contributed by atoms with E-state index in [4.69, 9.17) is 11.5 Å². The maximum atomic E-state index is 6.11. The van der Waals surface area contributed by atoms with Crippen molar-refractivity contribution in [1.29, 1.82) is 0 Å². The average molecular weight is 338 g/mol. The van der Waals surface area contributed by atoms with Crippen LogP contribution in [0.1, 0.15) is 56.3 Å². The van der Waals surface area contributed by atoms with Crippen molar-refractivity contribution in [3.8, 4) is 0 Å². The molecule has 3 atom stereocenters. The second kappa shape index (κ2) is 7.96. The van der Waals surface area contributed by atoms with E-state index < -0.39 is 0 Å². The smallest absolute Gasteiger partial charge is 0.0635 e. The highest BCUT2D eigenvalue weighted by molar-refractivity contribution is 5.42. The Bertz CT molecular complexity index is 673. The Kier molecular flexibility index (Phi) is 5.69. The van der Waals surface area contributed by atoms with Gasteiger partial charge in [0.05, 0.1) is 11.4 Å². The number of hydrogen-bond donors (Lipinski definition) is 2. The molecule has 2 aromatic heterocycles. The molecule has 4 heteroatoms. The van der Waals surface area contributed by atoms with Gasteiger partial charge in [-0.1, -0.05) is 19.4 Å². The molecule has 2 aromatic rings. The largest absolute Gasteiger partial charge is 0.397 e. The quantitative estimate of drug-likeness (QED) is 0.679. The van der Waals surface area contributed by atoms with Crippen LogP contribution in [0.25, 0.3) is 0 Å². The topological polar surface area (TPSA) is 77.8 Å². The molecule has 4 nitrogen and oxygen atoms in total. The molecule has 2 heterocycles. The molecule has 1 saturated carbocycles. The molecule has 3 rings (SSSR count). The third-order valence-electron chi connectivity index (χ3n) is 5.76. The van der Waals surface area contributed by atoms with Crippen LogP contribution in [0, 0.1) is 11.3 Å². The normalized spacial score (nSPS) is 23.4. The van der Waals surface area contributed by atoms with Crippen LogP contribution in [-0.4, -0.2) is 16.5 Å². The van der Waals surface area contributed by atoms with Crippen molar-refractivity contribution in [2.75, 3.05) is 12.3 Å². The summed E-state index contributed by atoms with van der Waals surface area (Å²) in [7, 11) is 0. The first-order valence-corrected chi connectivity index (χ1v) is 9.45. The second-order valence-electron chi connectivity index (χ2n) is 7.61. The number of nitrogens with zero attached hydrogens (tertiary/aromatic N) is 2. The number of nitrogen functional groups attached to an aromatic ring is 1. The maximum absolute atomic E-state index is 6.11. The van der Waals surface area contributed by atoms with E-state index in [0.717, 1.165) is 30.8 Å². The zero-order valence-corrected chi connectivity index (χ0v) is 15.2. The Balaban J connectivity index is 1.68. The molecular formula is C21H30N4. The molecule has 0 aliphatic heterocycles. The zero-order valence-electron chi connectivity index (χ0n) is 15.2. The molecular weight excluding hydrogens is 308 g/mol. The van der Waals surface area contributed by atoms with Crippen molar-refractivity contribution >= 4 is 5.69 Å². The lowest BCUT2D eigenvalue weighted by molar-refractivity contribution is 0.343. The molecule has 0 radical (unpaired) electrons. The van der Waals surface area contributed by atoms with E-state index in [9.17, 15) is 0 Å². The standard InChI is InChI=1S/C21H30N4/c1-16(19-8-2-5-11-24-19)14-21(9-3-4-10-22)15-17(21)13-20-18(23)7-6-12-25-20/h2,5-8,11-12,16-17H,3-4,9-10,13-15,22-23H2,1H3/t16-,17?,21?/m0/s1. The fourth-order valence-electron chi connectivity index (χ4n) is 4.24. The Morgan fingerprint density at radius 1 is 1.16 bits per heavy atom. The lowest BCUT2D eigenvalue weighted by Crippen LogP contribution is -2.13. The summed E-state index contributed by atoms with van der Waals surface area (Å²) in [6.07, 6.45) is 10.8. The van der Waals surface area contributed by atoms with Crippen molar-refractivity contribution in [3.63, 3.8) is 0 Å². The van der Waals surface area contributed by atoms with Gasteiger partial charge >= 0.3 is 0 Å². The molecule has 134 valence electrons. The summed E-state index contributed by atoms with van der Waals surface area (Å²) in [5.74, 6) is 1.15. The number of unbranched alkanes of at least 4 members (excludes halogenated alkanes) is 1. The second-order valence-corrected chi connectivity index (χ2v) is 7.61. The number of nitrogens with two attached hydrogens (primary N) is 2. The van der Waals surface area contributed by atoms with Crippen LogP contribution in [0.15, 0.2) is 42.7 Å². The van der Waals surface area contributed by atoms with Gasteiger partial charge in [0, 0.05) is 18.1 Å². The van der Waals surface area contributed by atoms with Gasteiger partial charge in [0.25, 0.3) is 0 Å². The molecule has 1 fully saturated rings. The number of rotatable bonds is 9. The third kappa shape index (κ3) is 4.37. The van der Waals surface area contributed by atoms with Crippen LogP contribution < -0.4 is 11.5 Å². The summed E-state index contributed by atoms with van der Waals surface area (Å²) >= 11 is 0. The first kappa shape index (κ1) is 17.9. The Hall–Kier alpha value is -1.94. The zero-order chi connectivity index (χ0) is 17.7. The highest BCUT2D eigenvalue weighted by Crippen LogP contribution is 2.62. The van der Waals surface area contributed by atoms with Crippen molar-refractivity contribution in [1.82, 2.24) is 9.97 Å². The minimum atomic E-state index is 0.399. The first-order valence-electron chi connectivity index (χ1n) is 9.45. The lowest BCUT2D eigenvalue weighted by Gasteiger charge is -2.22. The van der Waals surface area contributed by atoms with Crippen molar-refractivity contribution in [2.24, 2.45) is 17.1 Å². The third-order valence-corrected chi connectivity index (χ3v) is 5.76. The van der Waals surface area contributed by atoms with Crippen LogP contribution in [-0.2, 0) is 6.42 Å². The predicted molar refractivity (Wildman–Crippen MR) is 103 cm³/mol. The number of anilines is 1. The fraction of sp³-hybridized carbons (Fsp3) is 0.524. The Morgan fingerprint density at radius 2 is 2.00 bits per heavy atom. The van der Waals surface area contributed by atoms with Gasteiger partial charge in [0.2, 0.25) is 0 Å². The van der Waals surface area contributed by atoms with Gasteiger partial charge in [0.1, 0.15) is 0 Å². The highest BCUT2D eigenvalue weighted by Gasteiger charge is 2.53. The highest BCUT2D eigenvalue weighted by atomic mass is 14.7. The summed E-state index contributed by atoms with van der Waals surface area (Å²) in [4.78, 5) is 9.06. The van der Waals surface area contributed by atoms with Crippen LogP contribution in [0.5, 0.6) is 0 Å². The number of pyridine rings is 2. The average Bonchev–Trinajstić information content (AvgIpc) is 3.30. The lowest BCUT2D eigenvalue weighted by atomic mass is 9.84. The SMILES string of the molecule is C[C@@H](CC1(CCCCN)CC1Cc1ncccc1N)c1ccccn1. The summed E-state index contributed by atoms with van der Waals surface area (Å²) in [5, 5.41) is 0. The van der Waals surface area contributed by atoms with E-state index in [1.165, 1.54) is 31.4 Å². The molecule has 1 aliphatic carbocycles. The molecule has 25 heavy (non-hydrogen) atoms. The molecule has 0 amide bonds. The Labute approximate surface area is 151 Å². The predicted octanol–water partition coefficient (Wildman–Crippen LogP) is 3.93. The molecule has 0 spiro atoms. The monoisotopic (exact) mass is 338 g/mol. The van der Waals surface area contributed by atoms with Crippen LogP contribution >= 0.6 is 0 Å². The summed E-state index contributed by atoms with van der Waals surface area (Å²) in [6, 6.07) is 10.1. The Morgan fingerprint density at radius 3 is 2.72 bits per heavy atom. The van der Waals surface area contributed by atoms with E-state index in [1.807, 2.05) is 30.6 Å². The van der Waals surface area contributed by atoms with Crippen molar-refractivity contribution in [2.45, 2.75) is 51.4 Å². The summed E-state index contributed by atoms with van der Waals surface area (Å²) < 4.78 is 0. The minimum absolute atomic E-state index is 0.399. The molecule has 0 saturated heterocycles. The van der Waals surface area contributed by atoms with Gasteiger partial charge in [-0.2, -0.15) is 0 Å². The molecule has 2 unspecified atom stereocenters. The number of aromatic nitrogens is 2. The van der Waals surface area contributed by atoms with Crippen LogP contribution in [0.4, 0.5) is 5.69 Å². The van der Waals surface area contributed by atoms with Gasteiger partial charge in [-0.25, -0.2) is 0 Å². The first-order chi connectivity index (χ1) is 12.1. The van der Waals surface area contributed by atoms with Gasteiger partial charge < -0.3 is 11.5 Å². The van der Waals surface area contributed by atoms with Gasteiger partial charge in [-0.15, -0.1) is 0 Å². The van der Waals surface area contributed by atoms with E-state index in [1.54, 1.807) is 0 Å². The van der Waals surface area contributed by atoms with Gasteiger partial charge in [0.15, 0.2) is 0 Å². The maximum Gasteiger partial charge on any atom is 0.0635 e. The molecule has 0 bridgehead atoms. The number of hydrogen-bond acceptors (Lipinski definition) is 4. The summed E-state index contributed by atoms with van der Waals surface area (Å²) in [5.41, 5.74) is 15.3. The fourth-order valence-corrected chi connectivity index (χ4v) is 4.24. The van der Waals surface area contributed by atoms with Gasteiger partial charge in [-0.3, -0.25) is 9.97 Å². The van der Waals surface area contributed by atoms with Crippen molar-refractivity contribution in [3.05, 3.63) is 54.1 Å². The van der Waals surface area contributed by atoms with E-state index >= 15 is 0 Å². The molecule has 4 N–H and O–H groups in total. The molecule has 0 aromatic carbocycles. The minimum Gasteiger partial charge on any atom is -0.397 e. The van der Waals surface area contributed by atoms with Crippen LogP contribution in [0.2, 0.25) is 0 Å². The summed E-state index contributed by atoms with van der Waals surface area (Å²) in [6.45, 7) is 3.08. The van der Waals surface area contributed by atoms with Crippen molar-refractivity contribution < 1.29 is 0 Å².